The van der Waals surface area contributed by atoms with Gasteiger partial charge in [-0.15, -0.1) is 0 Å². The van der Waals surface area contributed by atoms with Crippen LogP contribution in [0.5, 0.6) is 0 Å². The number of nitrogens with two attached hydrogens (primary N) is 1. The van der Waals surface area contributed by atoms with Crippen molar-refractivity contribution in [3.05, 3.63) is 74.9 Å². The third kappa shape index (κ3) is 3.13. The van der Waals surface area contributed by atoms with Gasteiger partial charge in [0, 0.05) is 33.5 Å². The van der Waals surface area contributed by atoms with Gasteiger partial charge in [0.2, 0.25) is 0 Å². The molecule has 0 saturated heterocycles. The van der Waals surface area contributed by atoms with Crippen LogP contribution in [-0.2, 0) is 6.54 Å². The van der Waals surface area contributed by atoms with Crippen molar-refractivity contribution in [1.29, 1.82) is 0 Å². The van der Waals surface area contributed by atoms with Gasteiger partial charge in [0.05, 0.1) is 10.7 Å². The standard InChI is InChI=1S/C18H15Cl3N2/c1-11-12(10-22)8-18(16-7-4-14(20)9-17(16)21)23(11)15-5-2-13(19)3-6-15/h2-9H,10,22H2,1H3. The highest BCUT2D eigenvalue weighted by Crippen LogP contribution is 2.35. The Bertz CT molecular complexity index is 851. The molecule has 118 valence electrons. The van der Waals surface area contributed by atoms with E-state index < -0.39 is 0 Å². The summed E-state index contributed by atoms with van der Waals surface area (Å²) >= 11 is 18.4. The van der Waals surface area contributed by atoms with Gasteiger partial charge >= 0.3 is 0 Å². The van der Waals surface area contributed by atoms with E-state index in [9.17, 15) is 0 Å². The second-order valence-corrected chi connectivity index (χ2v) is 6.56. The first-order valence-corrected chi connectivity index (χ1v) is 8.27. The molecule has 3 rings (SSSR count). The number of benzene rings is 2. The zero-order chi connectivity index (χ0) is 16.6. The molecule has 0 bridgehead atoms. The van der Waals surface area contributed by atoms with Crippen LogP contribution in [0.2, 0.25) is 15.1 Å². The molecule has 0 fully saturated rings. The third-order valence-electron chi connectivity index (χ3n) is 3.86. The second kappa shape index (κ2) is 6.58. The lowest BCUT2D eigenvalue weighted by Gasteiger charge is -2.13. The molecule has 23 heavy (non-hydrogen) atoms. The molecular formula is C18H15Cl3N2. The highest BCUT2D eigenvalue weighted by atomic mass is 35.5. The van der Waals surface area contributed by atoms with Crippen LogP contribution in [0, 0.1) is 6.92 Å². The minimum absolute atomic E-state index is 0.463. The smallest absolute Gasteiger partial charge is 0.0549 e. The van der Waals surface area contributed by atoms with E-state index in [1.54, 1.807) is 6.07 Å². The summed E-state index contributed by atoms with van der Waals surface area (Å²) in [4.78, 5) is 0. The van der Waals surface area contributed by atoms with Crippen LogP contribution < -0.4 is 5.73 Å². The molecule has 2 nitrogen and oxygen atoms in total. The Kier molecular flexibility index (Phi) is 4.69. The average molecular weight is 366 g/mol. The van der Waals surface area contributed by atoms with Crippen LogP contribution in [-0.4, -0.2) is 4.57 Å². The molecule has 0 spiro atoms. The molecule has 0 amide bonds. The molecule has 0 saturated carbocycles. The fraction of sp³-hybridized carbons (Fsp3) is 0.111. The van der Waals surface area contributed by atoms with Crippen LogP contribution in [0.25, 0.3) is 16.9 Å². The van der Waals surface area contributed by atoms with Gasteiger partial charge < -0.3 is 10.3 Å². The molecule has 0 radical (unpaired) electrons. The average Bonchev–Trinajstić information content (AvgIpc) is 2.85. The molecular weight excluding hydrogens is 351 g/mol. The predicted molar refractivity (Wildman–Crippen MR) is 98.9 cm³/mol. The van der Waals surface area contributed by atoms with E-state index in [2.05, 4.69) is 10.6 Å². The van der Waals surface area contributed by atoms with Crippen molar-refractivity contribution < 1.29 is 0 Å². The molecule has 0 aliphatic heterocycles. The van der Waals surface area contributed by atoms with Gasteiger partial charge in [-0.25, -0.2) is 0 Å². The summed E-state index contributed by atoms with van der Waals surface area (Å²) in [7, 11) is 0. The topological polar surface area (TPSA) is 30.9 Å². The van der Waals surface area contributed by atoms with E-state index in [1.807, 2.05) is 43.3 Å². The van der Waals surface area contributed by atoms with Crippen molar-refractivity contribution in [3.8, 4) is 16.9 Å². The minimum Gasteiger partial charge on any atom is -0.326 e. The predicted octanol–water partition coefficient (Wildman–Crippen LogP) is 5.87. The number of nitrogens with zero attached hydrogens (tertiary/aromatic N) is 1. The fourth-order valence-corrected chi connectivity index (χ4v) is 3.31. The van der Waals surface area contributed by atoms with Crippen molar-refractivity contribution in [2.45, 2.75) is 13.5 Å². The molecule has 2 aromatic carbocycles. The monoisotopic (exact) mass is 364 g/mol. The summed E-state index contributed by atoms with van der Waals surface area (Å²) in [5.41, 5.74) is 10.9. The first kappa shape index (κ1) is 16.4. The van der Waals surface area contributed by atoms with E-state index in [4.69, 9.17) is 40.5 Å². The van der Waals surface area contributed by atoms with Crippen molar-refractivity contribution >= 4 is 34.8 Å². The Balaban J connectivity index is 2.26. The quantitative estimate of drug-likeness (QED) is 0.618. The van der Waals surface area contributed by atoms with Crippen molar-refractivity contribution in [3.63, 3.8) is 0 Å². The Morgan fingerprint density at radius 1 is 0.913 bits per heavy atom. The molecule has 1 aromatic heterocycles. The van der Waals surface area contributed by atoms with E-state index in [0.717, 1.165) is 28.2 Å². The van der Waals surface area contributed by atoms with Gasteiger partial charge in [0.1, 0.15) is 0 Å². The van der Waals surface area contributed by atoms with Crippen LogP contribution in [0.3, 0.4) is 0 Å². The van der Waals surface area contributed by atoms with Gasteiger partial charge in [0.15, 0.2) is 0 Å². The Morgan fingerprint density at radius 3 is 2.17 bits per heavy atom. The number of hydrogen-bond donors (Lipinski definition) is 1. The summed E-state index contributed by atoms with van der Waals surface area (Å²) in [5, 5.41) is 1.91. The zero-order valence-electron chi connectivity index (χ0n) is 12.5. The minimum atomic E-state index is 0.463. The zero-order valence-corrected chi connectivity index (χ0v) is 14.8. The fourth-order valence-electron chi connectivity index (χ4n) is 2.68. The SMILES string of the molecule is Cc1c(CN)cc(-c2ccc(Cl)cc2Cl)n1-c1ccc(Cl)cc1. The molecule has 0 aliphatic rings. The van der Waals surface area contributed by atoms with Gasteiger partial charge in [0.25, 0.3) is 0 Å². The van der Waals surface area contributed by atoms with Gasteiger partial charge in [-0.05, 0) is 61.0 Å². The number of halogens is 3. The summed E-state index contributed by atoms with van der Waals surface area (Å²) < 4.78 is 2.13. The first-order chi connectivity index (χ1) is 11.0. The maximum absolute atomic E-state index is 6.40. The van der Waals surface area contributed by atoms with Crippen molar-refractivity contribution in [1.82, 2.24) is 4.57 Å². The summed E-state index contributed by atoms with van der Waals surface area (Å²) in [5.74, 6) is 0. The normalized spacial score (nSPS) is 11.0. The van der Waals surface area contributed by atoms with E-state index >= 15 is 0 Å². The Hall–Kier alpha value is -1.45. The lowest BCUT2D eigenvalue weighted by atomic mass is 10.1. The van der Waals surface area contributed by atoms with Gasteiger partial charge in [-0.2, -0.15) is 0 Å². The first-order valence-electron chi connectivity index (χ1n) is 7.14. The molecule has 5 heteroatoms. The summed E-state index contributed by atoms with van der Waals surface area (Å²) in [6.07, 6.45) is 0. The molecule has 1 heterocycles. The largest absolute Gasteiger partial charge is 0.326 e. The van der Waals surface area contributed by atoms with Crippen LogP contribution in [0.4, 0.5) is 0 Å². The van der Waals surface area contributed by atoms with E-state index in [0.29, 0.717) is 21.6 Å². The highest BCUT2D eigenvalue weighted by molar-refractivity contribution is 6.36. The van der Waals surface area contributed by atoms with Crippen molar-refractivity contribution in [2.75, 3.05) is 0 Å². The van der Waals surface area contributed by atoms with Crippen molar-refractivity contribution in [2.24, 2.45) is 5.73 Å². The third-order valence-corrected chi connectivity index (χ3v) is 4.66. The van der Waals surface area contributed by atoms with E-state index in [-0.39, 0.29) is 0 Å². The summed E-state index contributed by atoms with van der Waals surface area (Å²) in [6, 6.07) is 15.3. The van der Waals surface area contributed by atoms with Gasteiger partial charge in [-0.3, -0.25) is 0 Å². The Morgan fingerprint density at radius 2 is 1.57 bits per heavy atom. The van der Waals surface area contributed by atoms with E-state index in [1.165, 1.54) is 0 Å². The van der Waals surface area contributed by atoms with Crippen LogP contribution in [0.15, 0.2) is 48.5 Å². The number of hydrogen-bond acceptors (Lipinski definition) is 1. The maximum Gasteiger partial charge on any atom is 0.0549 e. The molecule has 0 aliphatic carbocycles. The second-order valence-electron chi connectivity index (χ2n) is 5.28. The van der Waals surface area contributed by atoms with Crippen LogP contribution >= 0.6 is 34.8 Å². The Labute approximate surface area is 150 Å². The molecule has 0 unspecified atom stereocenters. The lowest BCUT2D eigenvalue weighted by molar-refractivity contribution is 0.975. The maximum atomic E-state index is 6.40. The number of aromatic nitrogens is 1. The molecule has 3 aromatic rings. The summed E-state index contributed by atoms with van der Waals surface area (Å²) in [6.45, 7) is 2.51. The molecule has 0 atom stereocenters. The molecule has 2 N–H and O–H groups in total. The lowest BCUT2D eigenvalue weighted by Crippen LogP contribution is -2.02. The number of rotatable bonds is 3. The highest BCUT2D eigenvalue weighted by Gasteiger charge is 2.16. The van der Waals surface area contributed by atoms with Crippen LogP contribution in [0.1, 0.15) is 11.3 Å². The van der Waals surface area contributed by atoms with Gasteiger partial charge in [-0.1, -0.05) is 34.8 Å².